The molecule has 6 nitrogen and oxygen atoms in total. The van der Waals surface area contributed by atoms with Crippen molar-refractivity contribution in [3.05, 3.63) is 53.5 Å². The van der Waals surface area contributed by atoms with Crippen LogP contribution in [0.5, 0.6) is 0 Å². The molecule has 2 N–H and O–H groups in total. The molecule has 0 unspecified atom stereocenters. The van der Waals surface area contributed by atoms with Gasteiger partial charge in [-0.1, -0.05) is 6.07 Å². The number of rotatable bonds is 3. The minimum absolute atomic E-state index is 0.353. The Hall–Kier alpha value is -2.90. The van der Waals surface area contributed by atoms with E-state index in [-0.39, 0.29) is 5.82 Å². The van der Waals surface area contributed by atoms with Gasteiger partial charge in [-0.3, -0.25) is 4.79 Å². The van der Waals surface area contributed by atoms with Crippen molar-refractivity contribution in [3.8, 4) is 0 Å². The maximum absolute atomic E-state index is 13.4. The third-order valence-corrected chi connectivity index (χ3v) is 2.33. The maximum Gasteiger partial charge on any atom is 0.358 e. The van der Waals surface area contributed by atoms with Crippen LogP contribution in [0.4, 0.5) is 14.6 Å². The first-order valence-corrected chi connectivity index (χ1v) is 5.30. The molecule has 0 aliphatic rings. The molecule has 0 bridgehead atoms. The van der Waals surface area contributed by atoms with E-state index < -0.39 is 34.8 Å². The van der Waals surface area contributed by atoms with Gasteiger partial charge in [0, 0.05) is 12.4 Å². The van der Waals surface area contributed by atoms with Crippen LogP contribution in [0.25, 0.3) is 0 Å². The lowest BCUT2D eigenvalue weighted by molar-refractivity contribution is 0.0691. The molecule has 0 radical (unpaired) electrons. The number of aromatic carboxylic acids is 1. The molecule has 0 atom stereocenters. The number of carboxylic acids is 1. The van der Waals surface area contributed by atoms with Gasteiger partial charge in [-0.25, -0.2) is 23.5 Å². The number of aromatic nitrogens is 2. The van der Waals surface area contributed by atoms with Gasteiger partial charge in [0.25, 0.3) is 5.91 Å². The molecule has 0 aliphatic heterocycles. The van der Waals surface area contributed by atoms with Crippen LogP contribution in [-0.4, -0.2) is 27.0 Å². The summed E-state index contributed by atoms with van der Waals surface area (Å²) in [6, 6.07) is 3.07. The lowest BCUT2D eigenvalue weighted by Gasteiger charge is -2.07. The lowest BCUT2D eigenvalue weighted by Crippen LogP contribution is -2.18. The second kappa shape index (κ2) is 5.39. The first kappa shape index (κ1) is 13.5. The summed E-state index contributed by atoms with van der Waals surface area (Å²) in [6.07, 6.45) is 2.28. The summed E-state index contributed by atoms with van der Waals surface area (Å²) in [5.74, 6) is -5.30. The van der Waals surface area contributed by atoms with Crippen molar-refractivity contribution in [2.75, 3.05) is 5.32 Å². The number of benzene rings is 1. The van der Waals surface area contributed by atoms with E-state index in [4.69, 9.17) is 5.11 Å². The highest BCUT2D eigenvalue weighted by molar-refractivity contribution is 6.06. The number of anilines is 1. The Labute approximate surface area is 111 Å². The fraction of sp³-hybridized carbons (Fsp3) is 0. The average molecular weight is 279 g/mol. The second-order valence-electron chi connectivity index (χ2n) is 3.61. The van der Waals surface area contributed by atoms with Gasteiger partial charge in [-0.15, -0.1) is 0 Å². The highest BCUT2D eigenvalue weighted by Gasteiger charge is 2.19. The van der Waals surface area contributed by atoms with Crippen molar-refractivity contribution in [1.29, 1.82) is 0 Å². The van der Waals surface area contributed by atoms with Gasteiger partial charge in [0.15, 0.2) is 23.1 Å². The summed E-state index contributed by atoms with van der Waals surface area (Å²) in [5, 5.41) is 10.9. The zero-order valence-electron chi connectivity index (χ0n) is 9.80. The third kappa shape index (κ3) is 2.58. The topological polar surface area (TPSA) is 92.2 Å². The number of amides is 1. The number of carbonyl (C=O) groups excluding carboxylic acids is 1. The predicted molar refractivity (Wildman–Crippen MR) is 63.3 cm³/mol. The molecule has 1 aromatic carbocycles. The van der Waals surface area contributed by atoms with Crippen molar-refractivity contribution in [3.63, 3.8) is 0 Å². The zero-order valence-corrected chi connectivity index (χ0v) is 9.80. The second-order valence-corrected chi connectivity index (χ2v) is 3.61. The van der Waals surface area contributed by atoms with Crippen LogP contribution >= 0.6 is 0 Å². The van der Waals surface area contributed by atoms with Gasteiger partial charge in [0.2, 0.25) is 0 Å². The van der Waals surface area contributed by atoms with Crippen LogP contribution in [0.3, 0.4) is 0 Å². The van der Waals surface area contributed by atoms with Crippen molar-refractivity contribution < 1.29 is 23.5 Å². The Morgan fingerprint density at radius 1 is 1.15 bits per heavy atom. The summed E-state index contributed by atoms with van der Waals surface area (Å²) in [7, 11) is 0. The molecular formula is C12H7F2N3O3. The van der Waals surface area contributed by atoms with E-state index in [0.29, 0.717) is 0 Å². The maximum atomic E-state index is 13.4. The molecule has 1 heterocycles. The number of hydrogen-bond acceptors (Lipinski definition) is 4. The molecule has 102 valence electrons. The molecule has 2 aromatic rings. The van der Waals surface area contributed by atoms with E-state index in [9.17, 15) is 18.4 Å². The van der Waals surface area contributed by atoms with Crippen LogP contribution in [0, 0.1) is 11.6 Å². The predicted octanol–water partition coefficient (Wildman–Crippen LogP) is 1.71. The zero-order chi connectivity index (χ0) is 14.7. The smallest absolute Gasteiger partial charge is 0.358 e. The van der Waals surface area contributed by atoms with Gasteiger partial charge >= 0.3 is 5.97 Å². The Morgan fingerprint density at radius 3 is 2.55 bits per heavy atom. The summed E-state index contributed by atoms with van der Waals surface area (Å²) in [5.41, 5.74) is -1.07. The quantitative estimate of drug-likeness (QED) is 0.892. The normalized spacial score (nSPS) is 10.1. The summed E-state index contributed by atoms with van der Waals surface area (Å²) in [6.45, 7) is 0. The van der Waals surface area contributed by atoms with E-state index in [2.05, 4.69) is 15.3 Å². The number of hydrogen-bond donors (Lipinski definition) is 2. The Bertz CT molecular complexity index is 691. The number of halogens is 2. The summed E-state index contributed by atoms with van der Waals surface area (Å²) >= 11 is 0. The number of carboxylic acid groups (broad SMARTS) is 1. The van der Waals surface area contributed by atoms with Gasteiger partial charge in [0.05, 0.1) is 5.56 Å². The SMILES string of the molecule is O=C(Nc1nccnc1C(=O)O)c1cccc(F)c1F. The molecule has 0 saturated carbocycles. The average Bonchev–Trinajstić information content (AvgIpc) is 2.42. The third-order valence-electron chi connectivity index (χ3n) is 2.33. The number of nitrogens with zero attached hydrogens (tertiary/aromatic N) is 2. The molecule has 0 aliphatic carbocycles. The Kier molecular flexibility index (Phi) is 3.65. The molecule has 20 heavy (non-hydrogen) atoms. The minimum atomic E-state index is -1.41. The highest BCUT2D eigenvalue weighted by atomic mass is 19.2. The van der Waals surface area contributed by atoms with Crippen LogP contribution in [0.15, 0.2) is 30.6 Å². The molecule has 2 rings (SSSR count). The van der Waals surface area contributed by atoms with Crippen molar-refractivity contribution >= 4 is 17.7 Å². The van der Waals surface area contributed by atoms with Crippen LogP contribution in [0.2, 0.25) is 0 Å². The van der Waals surface area contributed by atoms with Gasteiger partial charge < -0.3 is 10.4 Å². The van der Waals surface area contributed by atoms with E-state index in [1.807, 2.05) is 0 Å². The van der Waals surface area contributed by atoms with E-state index in [0.717, 1.165) is 30.6 Å². The minimum Gasteiger partial charge on any atom is -0.476 e. The molecular weight excluding hydrogens is 272 g/mol. The summed E-state index contributed by atoms with van der Waals surface area (Å²) in [4.78, 5) is 29.8. The van der Waals surface area contributed by atoms with Gasteiger partial charge in [-0.05, 0) is 12.1 Å². The standard InChI is InChI=1S/C12H7F2N3O3/c13-7-3-1-2-6(8(7)14)11(18)17-10-9(12(19)20)15-4-5-16-10/h1-5H,(H,19,20)(H,16,17,18). The van der Waals surface area contributed by atoms with Crippen LogP contribution in [0.1, 0.15) is 20.8 Å². The first-order valence-electron chi connectivity index (χ1n) is 5.30. The van der Waals surface area contributed by atoms with E-state index >= 15 is 0 Å². The molecule has 8 heteroatoms. The monoisotopic (exact) mass is 279 g/mol. The fourth-order valence-electron chi connectivity index (χ4n) is 1.44. The highest BCUT2D eigenvalue weighted by Crippen LogP contribution is 2.14. The van der Waals surface area contributed by atoms with E-state index in [1.165, 1.54) is 0 Å². The molecule has 1 aromatic heterocycles. The van der Waals surface area contributed by atoms with Crippen molar-refractivity contribution in [2.24, 2.45) is 0 Å². The Morgan fingerprint density at radius 2 is 1.85 bits per heavy atom. The van der Waals surface area contributed by atoms with Gasteiger partial charge in [0.1, 0.15) is 0 Å². The first-order chi connectivity index (χ1) is 9.50. The molecule has 0 fully saturated rings. The molecule has 0 saturated heterocycles. The fourth-order valence-corrected chi connectivity index (χ4v) is 1.44. The Balaban J connectivity index is 2.33. The van der Waals surface area contributed by atoms with Crippen LogP contribution < -0.4 is 5.32 Å². The van der Waals surface area contributed by atoms with Crippen molar-refractivity contribution in [1.82, 2.24) is 9.97 Å². The lowest BCUT2D eigenvalue weighted by atomic mass is 10.2. The number of nitrogens with one attached hydrogen (secondary N) is 1. The van der Waals surface area contributed by atoms with E-state index in [1.54, 1.807) is 0 Å². The molecule has 1 amide bonds. The van der Waals surface area contributed by atoms with Crippen LogP contribution in [-0.2, 0) is 0 Å². The van der Waals surface area contributed by atoms with Crippen molar-refractivity contribution in [2.45, 2.75) is 0 Å². The summed E-state index contributed by atoms with van der Waals surface area (Å²) < 4.78 is 26.4. The van der Waals surface area contributed by atoms with Gasteiger partial charge in [-0.2, -0.15) is 0 Å². The molecule has 0 spiro atoms. The number of carbonyl (C=O) groups is 2. The largest absolute Gasteiger partial charge is 0.476 e.